The van der Waals surface area contributed by atoms with E-state index in [1.54, 1.807) is 13.8 Å². The molecule has 108 valence electrons. The molecule has 0 aromatic carbocycles. The molecule has 0 aromatic heterocycles. The van der Waals surface area contributed by atoms with Gasteiger partial charge < -0.3 is 14.8 Å². The van der Waals surface area contributed by atoms with E-state index >= 15 is 0 Å². The molecule has 0 saturated carbocycles. The zero-order valence-electron chi connectivity index (χ0n) is 11.8. The van der Waals surface area contributed by atoms with Gasteiger partial charge in [-0.3, -0.25) is 9.59 Å². The summed E-state index contributed by atoms with van der Waals surface area (Å²) in [5.41, 5.74) is 0. The van der Waals surface area contributed by atoms with E-state index in [-0.39, 0.29) is 38.4 Å². The maximum atomic E-state index is 11.3. The third-order valence-electron chi connectivity index (χ3n) is 2.52. The third-order valence-corrected chi connectivity index (χ3v) is 2.52. The van der Waals surface area contributed by atoms with Crippen LogP contribution in [0.3, 0.4) is 0 Å². The van der Waals surface area contributed by atoms with Crippen molar-refractivity contribution in [3.63, 3.8) is 0 Å². The number of ketones is 1. The smallest absolute Gasteiger partial charge is 0.246 e. The number of Topliss-reactive ketones (excluding diaryl/α,β-unsaturated/α-hetero) is 1. The Morgan fingerprint density at radius 3 is 2.44 bits per heavy atom. The molecule has 0 aliphatic heterocycles. The molecule has 18 heavy (non-hydrogen) atoms. The first kappa shape index (κ1) is 17.1. The molecule has 0 radical (unpaired) electrons. The average Bonchev–Trinajstić information content (AvgIpc) is 2.33. The Hall–Kier alpha value is -0.940. The van der Waals surface area contributed by atoms with Crippen LogP contribution in [0.4, 0.5) is 0 Å². The highest BCUT2D eigenvalue weighted by Gasteiger charge is 2.08. The Balaban J connectivity index is 0. The van der Waals surface area contributed by atoms with Crippen LogP contribution >= 0.6 is 0 Å². The lowest BCUT2D eigenvalue weighted by Gasteiger charge is -2.11. The van der Waals surface area contributed by atoms with Gasteiger partial charge in [-0.25, -0.2) is 0 Å². The molecule has 0 rings (SSSR count). The highest BCUT2D eigenvalue weighted by molar-refractivity contribution is 5.82. The number of hydrogen-bond acceptors (Lipinski definition) is 4. The van der Waals surface area contributed by atoms with E-state index in [4.69, 9.17) is 9.47 Å². The van der Waals surface area contributed by atoms with Gasteiger partial charge in [0.05, 0.1) is 12.7 Å². The van der Waals surface area contributed by atoms with Crippen molar-refractivity contribution in [3.8, 4) is 0 Å². The number of carbonyl (C=O) groups excluding carboxylic acids is 2. The van der Waals surface area contributed by atoms with Crippen molar-refractivity contribution in [2.24, 2.45) is 5.92 Å². The van der Waals surface area contributed by atoms with Gasteiger partial charge in [-0.15, -0.1) is 0 Å². The molecule has 0 aromatic rings. The lowest BCUT2D eigenvalue weighted by atomic mass is 10.1. The summed E-state index contributed by atoms with van der Waals surface area (Å²) in [7, 11) is 0. The molecule has 0 bridgehead atoms. The van der Waals surface area contributed by atoms with E-state index in [1.807, 2.05) is 13.8 Å². The number of carbonyl (C=O) groups is 2. The van der Waals surface area contributed by atoms with Gasteiger partial charge >= 0.3 is 0 Å². The molecule has 0 saturated heterocycles. The summed E-state index contributed by atoms with van der Waals surface area (Å²) in [5, 5.41) is 2.66. The van der Waals surface area contributed by atoms with Gasteiger partial charge in [-0.1, -0.05) is 20.8 Å². The normalized spacial score (nSPS) is 12.5. The standard InChI is InChI=1S/C13H25NO4.H2/c1-5-11(4)18-7-6-14-13(16)9-17-8-12(15)10(2)3;/h10-11H,5-9H2,1-4H3,(H,14,16);1H. The first-order valence-corrected chi connectivity index (χ1v) is 6.46. The molecule has 0 fully saturated rings. The zero-order valence-corrected chi connectivity index (χ0v) is 11.8. The summed E-state index contributed by atoms with van der Waals surface area (Å²) >= 11 is 0. The molecule has 5 nitrogen and oxygen atoms in total. The van der Waals surface area contributed by atoms with E-state index in [9.17, 15) is 9.59 Å². The molecular weight excluding hydrogens is 234 g/mol. The summed E-state index contributed by atoms with van der Waals surface area (Å²) in [5.74, 6) is -0.279. The summed E-state index contributed by atoms with van der Waals surface area (Å²) in [6, 6.07) is 0. The number of hydrogen-bond donors (Lipinski definition) is 1. The van der Waals surface area contributed by atoms with Crippen LogP contribution in [0.15, 0.2) is 0 Å². The van der Waals surface area contributed by atoms with Gasteiger partial charge in [-0.05, 0) is 13.3 Å². The lowest BCUT2D eigenvalue weighted by Crippen LogP contribution is -2.32. The highest BCUT2D eigenvalue weighted by atomic mass is 16.5. The van der Waals surface area contributed by atoms with Crippen molar-refractivity contribution in [3.05, 3.63) is 0 Å². The molecule has 1 N–H and O–H groups in total. The molecule has 5 heteroatoms. The second kappa shape index (κ2) is 10.0. The topological polar surface area (TPSA) is 64.6 Å². The monoisotopic (exact) mass is 261 g/mol. The number of nitrogens with one attached hydrogen (secondary N) is 1. The summed E-state index contributed by atoms with van der Waals surface area (Å²) in [6.07, 6.45) is 1.16. The Morgan fingerprint density at radius 2 is 1.89 bits per heavy atom. The largest absolute Gasteiger partial charge is 0.377 e. The average molecular weight is 261 g/mol. The Kier molecular flexibility index (Phi) is 9.50. The maximum absolute atomic E-state index is 11.3. The van der Waals surface area contributed by atoms with Gasteiger partial charge in [-0.2, -0.15) is 0 Å². The van der Waals surface area contributed by atoms with E-state index < -0.39 is 0 Å². The molecule has 0 spiro atoms. The van der Waals surface area contributed by atoms with Crippen LogP contribution in [-0.4, -0.2) is 44.2 Å². The van der Waals surface area contributed by atoms with Crippen LogP contribution in [0.5, 0.6) is 0 Å². The van der Waals surface area contributed by atoms with Crippen LogP contribution in [-0.2, 0) is 19.1 Å². The molecular formula is C13H27NO4. The summed E-state index contributed by atoms with van der Waals surface area (Å²) in [6.45, 7) is 8.51. The molecule has 1 amide bonds. The zero-order chi connectivity index (χ0) is 14.0. The third kappa shape index (κ3) is 9.13. The van der Waals surface area contributed by atoms with Crippen molar-refractivity contribution in [1.29, 1.82) is 0 Å². The van der Waals surface area contributed by atoms with E-state index in [2.05, 4.69) is 5.32 Å². The molecule has 1 atom stereocenters. The lowest BCUT2D eigenvalue weighted by molar-refractivity contribution is -0.131. The van der Waals surface area contributed by atoms with Gasteiger partial charge in [0.25, 0.3) is 0 Å². The minimum Gasteiger partial charge on any atom is -0.377 e. The van der Waals surface area contributed by atoms with Gasteiger partial charge in [0, 0.05) is 13.9 Å². The summed E-state index contributed by atoms with van der Waals surface area (Å²) < 4.78 is 10.4. The van der Waals surface area contributed by atoms with Gasteiger partial charge in [0.2, 0.25) is 5.91 Å². The second-order valence-electron chi connectivity index (χ2n) is 4.55. The number of ether oxygens (including phenoxy) is 2. The first-order chi connectivity index (χ1) is 8.47. The van der Waals surface area contributed by atoms with Crippen molar-refractivity contribution in [1.82, 2.24) is 5.32 Å². The molecule has 1 unspecified atom stereocenters. The Bertz CT molecular complexity index is 259. The summed E-state index contributed by atoms with van der Waals surface area (Å²) in [4.78, 5) is 22.5. The fourth-order valence-corrected chi connectivity index (χ4v) is 1.03. The Morgan fingerprint density at radius 1 is 1.22 bits per heavy atom. The molecule has 0 aliphatic carbocycles. The van der Waals surface area contributed by atoms with Crippen LogP contribution < -0.4 is 5.32 Å². The number of rotatable bonds is 10. The van der Waals surface area contributed by atoms with Crippen molar-refractivity contribution in [2.75, 3.05) is 26.4 Å². The maximum Gasteiger partial charge on any atom is 0.246 e. The van der Waals surface area contributed by atoms with Gasteiger partial charge in [0.15, 0.2) is 5.78 Å². The fourth-order valence-electron chi connectivity index (χ4n) is 1.03. The number of amides is 1. The van der Waals surface area contributed by atoms with Gasteiger partial charge in [0.1, 0.15) is 13.2 Å². The van der Waals surface area contributed by atoms with Crippen molar-refractivity contribution >= 4 is 11.7 Å². The van der Waals surface area contributed by atoms with Crippen LogP contribution in [0.2, 0.25) is 0 Å². The molecule has 0 heterocycles. The van der Waals surface area contributed by atoms with E-state index in [0.29, 0.717) is 13.2 Å². The minimum absolute atomic E-state index is 0. The minimum atomic E-state index is -0.223. The second-order valence-corrected chi connectivity index (χ2v) is 4.55. The fraction of sp³-hybridized carbons (Fsp3) is 0.846. The van der Waals surface area contributed by atoms with Crippen molar-refractivity contribution < 1.29 is 20.5 Å². The SMILES string of the molecule is CCC(C)OCCNC(=O)COCC(=O)C(C)C.[HH]. The predicted molar refractivity (Wildman–Crippen MR) is 71.5 cm³/mol. The van der Waals surface area contributed by atoms with Crippen molar-refractivity contribution in [2.45, 2.75) is 40.2 Å². The van der Waals surface area contributed by atoms with Crippen LogP contribution in [0.25, 0.3) is 0 Å². The van der Waals surface area contributed by atoms with Crippen LogP contribution in [0.1, 0.15) is 35.5 Å². The highest BCUT2D eigenvalue weighted by Crippen LogP contribution is 1.95. The van der Waals surface area contributed by atoms with E-state index in [1.165, 1.54) is 0 Å². The quantitative estimate of drug-likeness (QED) is 0.604. The predicted octanol–water partition coefficient (Wildman–Crippen LogP) is 1.41. The first-order valence-electron chi connectivity index (χ1n) is 6.46. The van der Waals surface area contributed by atoms with E-state index in [0.717, 1.165) is 6.42 Å². The van der Waals surface area contributed by atoms with Crippen LogP contribution in [0, 0.1) is 5.92 Å². The Labute approximate surface area is 111 Å². The molecule has 0 aliphatic rings.